The number of aromatic nitrogens is 2. The van der Waals surface area contributed by atoms with Gasteiger partial charge in [-0.15, -0.1) is 12.4 Å². The van der Waals surface area contributed by atoms with E-state index in [1.54, 1.807) is 0 Å². The molecule has 21 heavy (non-hydrogen) atoms. The number of benzene rings is 1. The van der Waals surface area contributed by atoms with E-state index < -0.39 is 0 Å². The Bertz CT molecular complexity index is 585. The maximum atomic E-state index is 6.12. The van der Waals surface area contributed by atoms with Crippen molar-refractivity contribution in [1.29, 1.82) is 0 Å². The van der Waals surface area contributed by atoms with Gasteiger partial charge in [0.1, 0.15) is 5.82 Å². The fourth-order valence-electron chi connectivity index (χ4n) is 2.71. The monoisotopic (exact) mass is 326 g/mol. The second-order valence-electron chi connectivity index (χ2n) is 5.20. The molecule has 0 amide bonds. The van der Waals surface area contributed by atoms with Gasteiger partial charge in [0.15, 0.2) is 0 Å². The highest BCUT2D eigenvalue weighted by Gasteiger charge is 2.24. The third-order valence-corrected chi connectivity index (χ3v) is 4.09. The van der Waals surface area contributed by atoms with Gasteiger partial charge in [0.2, 0.25) is 0 Å². The van der Waals surface area contributed by atoms with Crippen LogP contribution in [0.4, 0.5) is 0 Å². The normalized spacial score (nSPS) is 19.2. The SMILES string of the molecule is Cl.Cn1ccnc1CN1CCNCC1c1cccc(Cl)c1. The van der Waals surface area contributed by atoms with Crippen molar-refractivity contribution in [2.45, 2.75) is 12.6 Å². The summed E-state index contributed by atoms with van der Waals surface area (Å²) in [6, 6.07) is 8.49. The van der Waals surface area contributed by atoms with Crippen LogP contribution < -0.4 is 5.32 Å². The second-order valence-corrected chi connectivity index (χ2v) is 5.64. The number of aryl methyl sites for hydroxylation is 1. The van der Waals surface area contributed by atoms with Gasteiger partial charge in [0.25, 0.3) is 0 Å². The first-order valence-corrected chi connectivity index (χ1v) is 7.28. The van der Waals surface area contributed by atoms with E-state index in [4.69, 9.17) is 11.6 Å². The summed E-state index contributed by atoms with van der Waals surface area (Å²) in [6.45, 7) is 3.85. The smallest absolute Gasteiger partial charge is 0.122 e. The lowest BCUT2D eigenvalue weighted by molar-refractivity contribution is 0.148. The average molecular weight is 327 g/mol. The molecular weight excluding hydrogens is 307 g/mol. The molecule has 1 aromatic carbocycles. The minimum atomic E-state index is 0. The van der Waals surface area contributed by atoms with E-state index in [-0.39, 0.29) is 12.4 Å². The van der Waals surface area contributed by atoms with E-state index in [0.717, 1.165) is 37.0 Å². The van der Waals surface area contributed by atoms with E-state index in [9.17, 15) is 0 Å². The van der Waals surface area contributed by atoms with E-state index in [1.165, 1.54) is 5.56 Å². The Kier molecular flexibility index (Phi) is 5.65. The van der Waals surface area contributed by atoms with Crippen LogP contribution in [0.5, 0.6) is 0 Å². The first-order valence-electron chi connectivity index (χ1n) is 6.90. The molecule has 0 radical (unpaired) electrons. The fourth-order valence-corrected chi connectivity index (χ4v) is 2.91. The van der Waals surface area contributed by atoms with Gasteiger partial charge in [-0.3, -0.25) is 4.90 Å². The molecular formula is C15H20Cl2N4. The van der Waals surface area contributed by atoms with E-state index in [1.807, 2.05) is 31.6 Å². The molecule has 1 N–H and O–H groups in total. The topological polar surface area (TPSA) is 33.1 Å². The molecule has 1 atom stereocenters. The first kappa shape index (κ1) is 16.3. The van der Waals surface area contributed by atoms with Crippen LogP contribution in [0.1, 0.15) is 17.4 Å². The van der Waals surface area contributed by atoms with Crippen molar-refractivity contribution in [2.75, 3.05) is 19.6 Å². The standard InChI is InChI=1S/C15H19ClN4.ClH/c1-19-7-6-18-15(19)11-20-8-5-17-10-14(20)12-3-2-4-13(16)9-12;/h2-4,6-7,9,14,17H,5,8,10-11H2,1H3;1H. The van der Waals surface area contributed by atoms with Gasteiger partial charge in [-0.2, -0.15) is 0 Å². The van der Waals surface area contributed by atoms with Crippen LogP contribution in [0.3, 0.4) is 0 Å². The minimum absolute atomic E-state index is 0. The second kappa shape index (κ2) is 7.27. The molecule has 1 aliphatic rings. The van der Waals surface area contributed by atoms with Crippen LogP contribution in [0, 0.1) is 0 Å². The molecule has 1 aliphatic heterocycles. The highest BCUT2D eigenvalue weighted by molar-refractivity contribution is 6.30. The zero-order valence-electron chi connectivity index (χ0n) is 12.0. The van der Waals surface area contributed by atoms with Crippen molar-refractivity contribution in [1.82, 2.24) is 19.8 Å². The summed E-state index contributed by atoms with van der Waals surface area (Å²) in [5.41, 5.74) is 1.26. The maximum absolute atomic E-state index is 6.12. The molecule has 1 fully saturated rings. The summed E-state index contributed by atoms with van der Waals surface area (Å²) >= 11 is 6.12. The number of piperazine rings is 1. The van der Waals surface area contributed by atoms with Gasteiger partial charge >= 0.3 is 0 Å². The average Bonchev–Trinajstić information content (AvgIpc) is 2.85. The molecule has 6 heteroatoms. The molecule has 1 unspecified atom stereocenters. The van der Waals surface area contributed by atoms with Gasteiger partial charge in [-0.1, -0.05) is 23.7 Å². The Hall–Kier alpha value is -1.07. The largest absolute Gasteiger partial charge is 0.337 e. The molecule has 0 saturated carbocycles. The predicted molar refractivity (Wildman–Crippen MR) is 87.9 cm³/mol. The van der Waals surface area contributed by atoms with Crippen LogP contribution >= 0.6 is 24.0 Å². The van der Waals surface area contributed by atoms with Crippen molar-refractivity contribution in [3.63, 3.8) is 0 Å². The van der Waals surface area contributed by atoms with Gasteiger partial charge in [-0.25, -0.2) is 4.98 Å². The maximum Gasteiger partial charge on any atom is 0.122 e. The van der Waals surface area contributed by atoms with Crippen molar-refractivity contribution in [3.8, 4) is 0 Å². The van der Waals surface area contributed by atoms with E-state index >= 15 is 0 Å². The lowest BCUT2D eigenvalue weighted by Crippen LogP contribution is -2.45. The van der Waals surface area contributed by atoms with Gasteiger partial charge in [0, 0.05) is 50.1 Å². The van der Waals surface area contributed by atoms with Crippen molar-refractivity contribution < 1.29 is 0 Å². The zero-order valence-corrected chi connectivity index (χ0v) is 13.6. The quantitative estimate of drug-likeness (QED) is 0.941. The molecule has 0 bridgehead atoms. The molecule has 0 spiro atoms. The molecule has 1 saturated heterocycles. The van der Waals surface area contributed by atoms with Crippen LogP contribution in [-0.2, 0) is 13.6 Å². The van der Waals surface area contributed by atoms with Crippen molar-refractivity contribution >= 4 is 24.0 Å². The third-order valence-electron chi connectivity index (χ3n) is 3.85. The first-order chi connectivity index (χ1) is 9.74. The fraction of sp³-hybridized carbons (Fsp3) is 0.400. The van der Waals surface area contributed by atoms with E-state index in [0.29, 0.717) is 6.04 Å². The number of nitrogens with one attached hydrogen (secondary N) is 1. The summed E-state index contributed by atoms with van der Waals surface area (Å²) in [7, 11) is 2.04. The summed E-state index contributed by atoms with van der Waals surface area (Å²) in [5, 5.41) is 4.26. The Morgan fingerprint density at radius 1 is 1.43 bits per heavy atom. The molecule has 1 aromatic heterocycles. The van der Waals surface area contributed by atoms with Gasteiger partial charge < -0.3 is 9.88 Å². The number of halogens is 2. The lowest BCUT2D eigenvalue weighted by Gasteiger charge is -2.36. The van der Waals surface area contributed by atoms with Crippen LogP contribution in [0.15, 0.2) is 36.7 Å². The summed E-state index contributed by atoms with van der Waals surface area (Å²) in [6.07, 6.45) is 3.85. The Morgan fingerprint density at radius 2 is 2.29 bits per heavy atom. The minimum Gasteiger partial charge on any atom is -0.337 e. The number of nitrogens with zero attached hydrogens (tertiary/aromatic N) is 3. The molecule has 114 valence electrons. The third kappa shape index (κ3) is 3.77. The summed E-state index contributed by atoms with van der Waals surface area (Å²) in [4.78, 5) is 6.89. The van der Waals surface area contributed by atoms with Gasteiger partial charge in [0.05, 0.1) is 6.54 Å². The Balaban J connectivity index is 0.00000161. The lowest BCUT2D eigenvalue weighted by atomic mass is 10.0. The Morgan fingerprint density at radius 3 is 3.00 bits per heavy atom. The predicted octanol–water partition coefficient (Wildman–Crippen LogP) is 2.64. The van der Waals surface area contributed by atoms with Gasteiger partial charge in [-0.05, 0) is 17.7 Å². The molecule has 2 aromatic rings. The zero-order chi connectivity index (χ0) is 13.9. The molecule has 2 heterocycles. The number of hydrogen-bond acceptors (Lipinski definition) is 3. The number of imidazole rings is 1. The number of hydrogen-bond donors (Lipinski definition) is 1. The number of rotatable bonds is 3. The van der Waals surface area contributed by atoms with Crippen LogP contribution in [-0.4, -0.2) is 34.1 Å². The molecule has 0 aliphatic carbocycles. The van der Waals surface area contributed by atoms with Crippen molar-refractivity contribution in [3.05, 3.63) is 53.1 Å². The van der Waals surface area contributed by atoms with Crippen LogP contribution in [0.2, 0.25) is 5.02 Å². The van der Waals surface area contributed by atoms with Crippen molar-refractivity contribution in [2.24, 2.45) is 7.05 Å². The van der Waals surface area contributed by atoms with Crippen LogP contribution in [0.25, 0.3) is 0 Å². The Labute approximate surface area is 136 Å². The highest BCUT2D eigenvalue weighted by Crippen LogP contribution is 2.25. The summed E-state index contributed by atoms with van der Waals surface area (Å²) < 4.78 is 2.08. The van der Waals surface area contributed by atoms with E-state index in [2.05, 4.69) is 31.9 Å². The molecule has 3 rings (SSSR count). The summed E-state index contributed by atoms with van der Waals surface area (Å²) in [5.74, 6) is 1.10. The molecule has 4 nitrogen and oxygen atoms in total. The highest BCUT2D eigenvalue weighted by atomic mass is 35.5.